The predicted octanol–water partition coefficient (Wildman–Crippen LogP) is 2.62. The SMILES string of the molecule is N#Cc1cc2nc(-c3ccncc3)ncc2s1. The molecular weight excluding hydrogens is 232 g/mol. The van der Waals surface area contributed by atoms with Crippen molar-refractivity contribution in [2.45, 2.75) is 0 Å². The number of hydrogen-bond donors (Lipinski definition) is 0. The number of nitriles is 1. The molecule has 0 aromatic carbocycles. The van der Waals surface area contributed by atoms with Crippen LogP contribution in [0.5, 0.6) is 0 Å². The van der Waals surface area contributed by atoms with Crippen molar-refractivity contribution in [2.75, 3.05) is 0 Å². The van der Waals surface area contributed by atoms with Gasteiger partial charge >= 0.3 is 0 Å². The number of nitrogens with zero attached hydrogens (tertiary/aromatic N) is 4. The van der Waals surface area contributed by atoms with Gasteiger partial charge in [0.2, 0.25) is 0 Å². The third-order valence-electron chi connectivity index (χ3n) is 2.32. The van der Waals surface area contributed by atoms with E-state index in [4.69, 9.17) is 5.26 Å². The zero-order chi connectivity index (χ0) is 11.7. The molecule has 0 bridgehead atoms. The minimum absolute atomic E-state index is 0.654. The number of thiophene rings is 1. The van der Waals surface area contributed by atoms with Gasteiger partial charge in [0.1, 0.15) is 10.9 Å². The Morgan fingerprint density at radius 2 is 2.06 bits per heavy atom. The van der Waals surface area contributed by atoms with Gasteiger partial charge in [-0.15, -0.1) is 11.3 Å². The summed E-state index contributed by atoms with van der Waals surface area (Å²) in [4.78, 5) is 13.3. The number of aromatic nitrogens is 3. The Morgan fingerprint density at radius 3 is 2.82 bits per heavy atom. The molecule has 4 nitrogen and oxygen atoms in total. The van der Waals surface area contributed by atoms with Crippen LogP contribution in [0.2, 0.25) is 0 Å². The second kappa shape index (κ2) is 3.92. The van der Waals surface area contributed by atoms with Gasteiger partial charge in [0.05, 0.1) is 10.2 Å². The lowest BCUT2D eigenvalue weighted by Gasteiger charge is -1.98. The zero-order valence-electron chi connectivity index (χ0n) is 8.66. The molecule has 0 fully saturated rings. The molecule has 3 aromatic rings. The van der Waals surface area contributed by atoms with E-state index in [1.165, 1.54) is 11.3 Å². The first kappa shape index (κ1) is 9.87. The number of pyridine rings is 1. The highest BCUT2D eigenvalue weighted by Crippen LogP contribution is 2.24. The van der Waals surface area contributed by atoms with E-state index >= 15 is 0 Å². The van der Waals surface area contributed by atoms with Gasteiger partial charge in [-0.3, -0.25) is 4.98 Å². The van der Waals surface area contributed by atoms with Gasteiger partial charge in [0, 0.05) is 24.2 Å². The average Bonchev–Trinajstić information content (AvgIpc) is 2.81. The Labute approximate surface area is 101 Å². The first-order chi connectivity index (χ1) is 8.36. The summed E-state index contributed by atoms with van der Waals surface area (Å²) in [6.45, 7) is 0. The van der Waals surface area contributed by atoms with Gasteiger partial charge < -0.3 is 0 Å². The van der Waals surface area contributed by atoms with Crippen LogP contribution in [0.25, 0.3) is 21.6 Å². The Balaban J connectivity index is 2.17. The van der Waals surface area contributed by atoms with Crippen LogP contribution >= 0.6 is 11.3 Å². The molecule has 5 heteroatoms. The molecule has 0 aliphatic rings. The largest absolute Gasteiger partial charge is 0.265 e. The van der Waals surface area contributed by atoms with Crippen molar-refractivity contribution < 1.29 is 0 Å². The first-order valence-corrected chi connectivity index (χ1v) is 5.75. The highest BCUT2D eigenvalue weighted by molar-refractivity contribution is 7.19. The summed E-state index contributed by atoms with van der Waals surface area (Å²) in [6.07, 6.45) is 5.16. The summed E-state index contributed by atoms with van der Waals surface area (Å²) in [7, 11) is 0. The van der Waals surface area contributed by atoms with E-state index in [9.17, 15) is 0 Å². The maximum Gasteiger partial charge on any atom is 0.159 e. The van der Waals surface area contributed by atoms with E-state index < -0.39 is 0 Å². The molecule has 3 rings (SSSR count). The van der Waals surface area contributed by atoms with Crippen LogP contribution in [0.3, 0.4) is 0 Å². The average molecular weight is 238 g/mol. The molecule has 0 spiro atoms. The van der Waals surface area contributed by atoms with Crippen molar-refractivity contribution in [3.8, 4) is 17.5 Å². The Bertz CT molecular complexity index is 712. The number of fused-ring (bicyclic) bond motifs is 1. The molecule has 0 atom stereocenters. The summed E-state index contributed by atoms with van der Waals surface area (Å²) in [5.74, 6) is 0.655. The quantitative estimate of drug-likeness (QED) is 0.653. The van der Waals surface area contributed by atoms with E-state index in [1.54, 1.807) is 24.7 Å². The van der Waals surface area contributed by atoms with Crippen LogP contribution in [0.1, 0.15) is 4.88 Å². The van der Waals surface area contributed by atoms with Gasteiger partial charge in [-0.25, -0.2) is 9.97 Å². The monoisotopic (exact) mass is 238 g/mol. The normalized spacial score (nSPS) is 10.3. The maximum absolute atomic E-state index is 8.83. The summed E-state index contributed by atoms with van der Waals surface area (Å²) < 4.78 is 0.930. The summed E-state index contributed by atoms with van der Waals surface area (Å²) >= 11 is 1.40. The van der Waals surface area contributed by atoms with E-state index in [-0.39, 0.29) is 0 Å². The van der Waals surface area contributed by atoms with Crippen molar-refractivity contribution in [1.82, 2.24) is 15.0 Å². The molecule has 3 heterocycles. The zero-order valence-corrected chi connectivity index (χ0v) is 9.48. The fraction of sp³-hybridized carbons (Fsp3) is 0. The fourth-order valence-electron chi connectivity index (χ4n) is 1.53. The fourth-order valence-corrected chi connectivity index (χ4v) is 2.30. The van der Waals surface area contributed by atoms with E-state index in [1.807, 2.05) is 12.1 Å². The maximum atomic E-state index is 8.83. The first-order valence-electron chi connectivity index (χ1n) is 4.94. The minimum atomic E-state index is 0.654. The van der Waals surface area contributed by atoms with Gasteiger partial charge in [0.15, 0.2) is 5.82 Å². The second-order valence-electron chi connectivity index (χ2n) is 3.40. The van der Waals surface area contributed by atoms with Crippen LogP contribution in [0.4, 0.5) is 0 Å². The highest BCUT2D eigenvalue weighted by atomic mass is 32.1. The van der Waals surface area contributed by atoms with Crippen LogP contribution in [-0.4, -0.2) is 15.0 Å². The lowest BCUT2D eigenvalue weighted by Crippen LogP contribution is -1.87. The van der Waals surface area contributed by atoms with Gasteiger partial charge in [-0.05, 0) is 18.2 Å². The molecule has 0 amide bonds. The van der Waals surface area contributed by atoms with Crippen molar-refractivity contribution in [3.05, 3.63) is 41.7 Å². The number of rotatable bonds is 1. The van der Waals surface area contributed by atoms with Crippen molar-refractivity contribution in [2.24, 2.45) is 0 Å². The molecule has 0 aliphatic carbocycles. The highest BCUT2D eigenvalue weighted by Gasteiger charge is 2.06. The Hall–Kier alpha value is -2.32. The standard InChI is InChI=1S/C12H6N4S/c13-6-9-5-10-11(17-9)7-15-12(16-10)8-1-3-14-4-2-8/h1-5,7H. The lowest BCUT2D eigenvalue weighted by molar-refractivity contribution is 1.22. The minimum Gasteiger partial charge on any atom is -0.265 e. The van der Waals surface area contributed by atoms with Crippen molar-refractivity contribution in [1.29, 1.82) is 5.26 Å². The Morgan fingerprint density at radius 1 is 1.24 bits per heavy atom. The molecule has 0 saturated carbocycles. The van der Waals surface area contributed by atoms with Crippen molar-refractivity contribution >= 4 is 21.6 Å². The predicted molar refractivity (Wildman–Crippen MR) is 65.4 cm³/mol. The van der Waals surface area contributed by atoms with E-state index in [0.717, 1.165) is 15.8 Å². The van der Waals surface area contributed by atoms with E-state index in [2.05, 4.69) is 21.0 Å². The van der Waals surface area contributed by atoms with Gasteiger partial charge in [0.25, 0.3) is 0 Å². The molecule has 0 aliphatic heterocycles. The molecule has 0 radical (unpaired) electrons. The second-order valence-corrected chi connectivity index (χ2v) is 4.49. The van der Waals surface area contributed by atoms with Crippen LogP contribution < -0.4 is 0 Å². The topological polar surface area (TPSA) is 62.5 Å². The molecule has 17 heavy (non-hydrogen) atoms. The summed E-state index contributed by atoms with van der Waals surface area (Å²) in [5, 5.41) is 8.83. The summed E-state index contributed by atoms with van der Waals surface area (Å²) in [5.41, 5.74) is 1.74. The summed E-state index contributed by atoms with van der Waals surface area (Å²) in [6, 6.07) is 7.62. The molecule has 0 saturated heterocycles. The molecule has 0 N–H and O–H groups in total. The van der Waals surface area contributed by atoms with Crippen molar-refractivity contribution in [3.63, 3.8) is 0 Å². The van der Waals surface area contributed by atoms with Gasteiger partial charge in [-0.1, -0.05) is 0 Å². The third-order valence-corrected chi connectivity index (χ3v) is 3.28. The third kappa shape index (κ3) is 1.75. The van der Waals surface area contributed by atoms with Gasteiger partial charge in [-0.2, -0.15) is 5.26 Å². The molecule has 3 aromatic heterocycles. The molecule has 80 valence electrons. The Kier molecular flexibility index (Phi) is 2.28. The smallest absolute Gasteiger partial charge is 0.159 e. The number of hydrogen-bond acceptors (Lipinski definition) is 5. The van der Waals surface area contributed by atoms with Crippen LogP contribution in [0.15, 0.2) is 36.8 Å². The molecular formula is C12H6N4S. The molecule has 0 unspecified atom stereocenters. The lowest BCUT2D eigenvalue weighted by atomic mass is 10.2. The van der Waals surface area contributed by atoms with Crippen LogP contribution in [-0.2, 0) is 0 Å². The van der Waals surface area contributed by atoms with E-state index in [0.29, 0.717) is 10.7 Å². The van der Waals surface area contributed by atoms with Crippen LogP contribution in [0, 0.1) is 11.3 Å².